The Morgan fingerprint density at radius 1 is 1.30 bits per heavy atom. The van der Waals surface area contributed by atoms with E-state index in [9.17, 15) is 13.0 Å². The lowest BCUT2D eigenvalue weighted by Crippen LogP contribution is -2.11. The second-order valence-electron chi connectivity index (χ2n) is 4.14. The second-order valence-corrected chi connectivity index (χ2v) is 8.87. The third-order valence-electron chi connectivity index (χ3n) is 2.66. The van der Waals surface area contributed by atoms with Gasteiger partial charge in [-0.05, 0) is 25.5 Å². The summed E-state index contributed by atoms with van der Waals surface area (Å²) in [5, 5.41) is 0.0766. The average Bonchev–Trinajstić information content (AvgIpc) is 2.36. The molecule has 0 radical (unpaired) electrons. The molecule has 1 unspecified atom stereocenters. The predicted molar refractivity (Wildman–Crippen MR) is 79.1 cm³/mol. The van der Waals surface area contributed by atoms with Crippen molar-refractivity contribution in [1.29, 1.82) is 0 Å². The van der Waals surface area contributed by atoms with Gasteiger partial charge in [-0.1, -0.05) is 30.7 Å². The molecule has 5 nitrogen and oxygen atoms in total. The SMILES string of the molecule is CCOP(=O)(CC)COS(=O)(=O)c1c(C)cccc1Cl. The second kappa shape index (κ2) is 7.05. The Balaban J connectivity index is 3.00. The first-order valence-corrected chi connectivity index (χ1v) is 9.91. The lowest BCUT2D eigenvalue weighted by Gasteiger charge is -2.16. The van der Waals surface area contributed by atoms with Crippen LogP contribution in [0.1, 0.15) is 19.4 Å². The van der Waals surface area contributed by atoms with Gasteiger partial charge in [0.2, 0.25) is 7.37 Å². The standard InChI is InChI=1S/C12H18ClO5PS/c1-4-17-19(14,5-2)9-18-20(15,16)12-10(3)7-6-8-11(12)13/h6-8H,4-5,9H2,1-3H3. The molecule has 0 aliphatic rings. The number of hydrogen-bond acceptors (Lipinski definition) is 5. The summed E-state index contributed by atoms with van der Waals surface area (Å²) in [6, 6.07) is 4.73. The number of benzene rings is 1. The van der Waals surface area contributed by atoms with Gasteiger partial charge in [0.05, 0.1) is 11.6 Å². The van der Waals surface area contributed by atoms with Crippen LogP contribution in [0.15, 0.2) is 23.1 Å². The summed E-state index contributed by atoms with van der Waals surface area (Å²) in [5.41, 5.74) is 0.472. The highest BCUT2D eigenvalue weighted by atomic mass is 35.5. The van der Waals surface area contributed by atoms with Gasteiger partial charge in [0.15, 0.2) is 0 Å². The van der Waals surface area contributed by atoms with Gasteiger partial charge in [-0.3, -0.25) is 8.75 Å². The molecule has 0 N–H and O–H groups in total. The maximum absolute atomic E-state index is 12.2. The Hall–Kier alpha value is -0.390. The van der Waals surface area contributed by atoms with Crippen LogP contribution in [0.4, 0.5) is 0 Å². The molecule has 0 fully saturated rings. The minimum Gasteiger partial charge on any atom is -0.327 e. The Morgan fingerprint density at radius 3 is 2.45 bits per heavy atom. The molecule has 1 aromatic rings. The van der Waals surface area contributed by atoms with Crippen LogP contribution in [0.25, 0.3) is 0 Å². The maximum Gasteiger partial charge on any atom is 0.299 e. The van der Waals surface area contributed by atoms with Crippen LogP contribution in [0.3, 0.4) is 0 Å². The first-order valence-electron chi connectivity index (χ1n) is 6.13. The van der Waals surface area contributed by atoms with E-state index in [2.05, 4.69) is 0 Å². The van der Waals surface area contributed by atoms with Crippen LogP contribution < -0.4 is 0 Å². The fourth-order valence-electron chi connectivity index (χ4n) is 1.60. The van der Waals surface area contributed by atoms with Crippen molar-refractivity contribution in [3.8, 4) is 0 Å². The van der Waals surface area contributed by atoms with Crippen LogP contribution in [0.5, 0.6) is 0 Å². The molecule has 0 saturated heterocycles. The number of aryl methyl sites for hydroxylation is 1. The number of rotatable bonds is 7. The van der Waals surface area contributed by atoms with Gasteiger partial charge < -0.3 is 4.52 Å². The normalized spacial score (nSPS) is 15.0. The molecule has 0 spiro atoms. The molecule has 20 heavy (non-hydrogen) atoms. The molecule has 114 valence electrons. The fraction of sp³-hybridized carbons (Fsp3) is 0.500. The highest BCUT2D eigenvalue weighted by Crippen LogP contribution is 2.47. The van der Waals surface area contributed by atoms with E-state index in [4.69, 9.17) is 20.3 Å². The van der Waals surface area contributed by atoms with Gasteiger partial charge >= 0.3 is 0 Å². The van der Waals surface area contributed by atoms with E-state index in [1.807, 2.05) is 0 Å². The van der Waals surface area contributed by atoms with Crippen molar-refractivity contribution in [2.45, 2.75) is 25.7 Å². The van der Waals surface area contributed by atoms with Crippen molar-refractivity contribution in [1.82, 2.24) is 0 Å². The molecular formula is C12H18ClO5PS. The summed E-state index contributed by atoms with van der Waals surface area (Å²) >= 11 is 5.90. The highest BCUT2D eigenvalue weighted by Gasteiger charge is 2.27. The highest BCUT2D eigenvalue weighted by molar-refractivity contribution is 7.87. The van der Waals surface area contributed by atoms with Crippen LogP contribution >= 0.6 is 19.0 Å². The molecule has 0 heterocycles. The lowest BCUT2D eigenvalue weighted by molar-refractivity contribution is 0.294. The molecule has 0 amide bonds. The minimum atomic E-state index is -4.07. The van der Waals surface area contributed by atoms with E-state index in [0.717, 1.165) is 0 Å². The Kier molecular flexibility index (Phi) is 6.23. The van der Waals surface area contributed by atoms with E-state index in [1.165, 1.54) is 6.07 Å². The van der Waals surface area contributed by atoms with Crippen molar-refractivity contribution in [2.24, 2.45) is 0 Å². The Labute approximate surface area is 124 Å². The quantitative estimate of drug-likeness (QED) is 0.559. The molecular weight excluding hydrogens is 323 g/mol. The van der Waals surface area contributed by atoms with Crippen molar-refractivity contribution >= 4 is 29.1 Å². The van der Waals surface area contributed by atoms with Crippen LogP contribution in [0.2, 0.25) is 5.02 Å². The number of halogens is 1. The van der Waals surface area contributed by atoms with E-state index < -0.39 is 23.8 Å². The zero-order valence-electron chi connectivity index (χ0n) is 11.6. The zero-order valence-corrected chi connectivity index (χ0v) is 14.1. The predicted octanol–water partition coefficient (Wildman–Crippen LogP) is 3.65. The molecule has 0 saturated carbocycles. The van der Waals surface area contributed by atoms with E-state index in [-0.39, 0.29) is 22.7 Å². The molecule has 1 rings (SSSR count). The van der Waals surface area contributed by atoms with Crippen LogP contribution in [-0.2, 0) is 23.4 Å². The average molecular weight is 341 g/mol. The molecule has 0 aliphatic carbocycles. The largest absolute Gasteiger partial charge is 0.327 e. The topological polar surface area (TPSA) is 69.7 Å². The first-order chi connectivity index (χ1) is 9.25. The summed E-state index contributed by atoms with van der Waals surface area (Å²) in [4.78, 5) is -0.0965. The van der Waals surface area contributed by atoms with Gasteiger partial charge in [0.25, 0.3) is 10.1 Å². The molecule has 0 aliphatic heterocycles. The van der Waals surface area contributed by atoms with Crippen LogP contribution in [0, 0.1) is 6.92 Å². The Morgan fingerprint density at radius 2 is 1.95 bits per heavy atom. The Bertz CT molecular complexity index is 594. The van der Waals surface area contributed by atoms with Crippen molar-refractivity contribution in [2.75, 3.05) is 19.1 Å². The third-order valence-corrected chi connectivity index (χ3v) is 6.95. The maximum atomic E-state index is 12.2. The lowest BCUT2D eigenvalue weighted by atomic mass is 10.2. The van der Waals surface area contributed by atoms with E-state index in [1.54, 1.807) is 32.9 Å². The van der Waals surface area contributed by atoms with Gasteiger partial charge in [-0.15, -0.1) is 0 Å². The summed E-state index contributed by atoms with van der Waals surface area (Å²) in [5.74, 6) is 0. The molecule has 8 heteroatoms. The first kappa shape index (κ1) is 17.7. The smallest absolute Gasteiger partial charge is 0.299 e. The molecule has 1 aromatic carbocycles. The summed E-state index contributed by atoms with van der Waals surface area (Å²) in [7, 11) is -7.16. The zero-order chi connectivity index (χ0) is 15.4. The molecule has 1 atom stereocenters. The van der Waals surface area contributed by atoms with Crippen LogP contribution in [-0.4, -0.2) is 27.5 Å². The van der Waals surface area contributed by atoms with E-state index in [0.29, 0.717) is 5.56 Å². The molecule has 0 bridgehead atoms. The van der Waals surface area contributed by atoms with Crippen molar-refractivity contribution in [3.05, 3.63) is 28.8 Å². The summed E-state index contributed by atoms with van der Waals surface area (Å²) in [6.45, 7) is 5.20. The number of hydrogen-bond donors (Lipinski definition) is 0. The van der Waals surface area contributed by atoms with Crippen molar-refractivity contribution < 1.29 is 21.7 Å². The molecule has 0 aromatic heterocycles. The minimum absolute atomic E-state index is 0.0766. The van der Waals surface area contributed by atoms with E-state index >= 15 is 0 Å². The van der Waals surface area contributed by atoms with Gasteiger partial charge in [-0.2, -0.15) is 8.42 Å². The monoisotopic (exact) mass is 340 g/mol. The van der Waals surface area contributed by atoms with Crippen molar-refractivity contribution in [3.63, 3.8) is 0 Å². The van der Waals surface area contributed by atoms with Gasteiger partial charge in [0.1, 0.15) is 11.2 Å². The summed E-state index contributed by atoms with van der Waals surface area (Å²) < 4.78 is 46.5. The fourth-order valence-corrected chi connectivity index (χ4v) is 5.10. The third kappa shape index (κ3) is 4.30. The summed E-state index contributed by atoms with van der Waals surface area (Å²) in [6.07, 6.45) is -0.276. The van der Waals surface area contributed by atoms with Gasteiger partial charge in [-0.25, -0.2) is 0 Å². The van der Waals surface area contributed by atoms with Gasteiger partial charge in [0, 0.05) is 6.16 Å².